The van der Waals surface area contributed by atoms with E-state index in [1.54, 1.807) is 0 Å². The van der Waals surface area contributed by atoms with Crippen LogP contribution in [0.2, 0.25) is 0 Å². The van der Waals surface area contributed by atoms with Crippen LogP contribution < -0.4 is 5.32 Å². The Morgan fingerprint density at radius 1 is 1.19 bits per heavy atom. The van der Waals surface area contributed by atoms with Gasteiger partial charge in [0.25, 0.3) is 0 Å². The van der Waals surface area contributed by atoms with Crippen molar-refractivity contribution in [2.45, 2.75) is 69.2 Å². The van der Waals surface area contributed by atoms with Crippen molar-refractivity contribution >= 4 is 15.9 Å². The summed E-state index contributed by atoms with van der Waals surface area (Å²) in [5, 5.41) is 3.20. The van der Waals surface area contributed by atoms with Crippen molar-refractivity contribution in [3.63, 3.8) is 0 Å². The Bertz CT molecular complexity index is 1040. The van der Waals surface area contributed by atoms with Gasteiger partial charge in [-0.3, -0.25) is 4.79 Å². The van der Waals surface area contributed by atoms with Crippen LogP contribution in [0.5, 0.6) is 0 Å². The molecule has 1 aromatic carbocycles. The first-order valence-corrected chi connectivity index (χ1v) is 13.2. The number of carbonyl (C=O) groups is 1. The second kappa shape index (κ2) is 6.31. The summed E-state index contributed by atoms with van der Waals surface area (Å²) in [6.07, 6.45) is 8.32. The third kappa shape index (κ3) is 2.40. The van der Waals surface area contributed by atoms with Gasteiger partial charge in [0.2, 0.25) is 15.9 Å². The quantitative estimate of drug-likeness (QED) is 0.750. The lowest BCUT2D eigenvalue weighted by Crippen LogP contribution is -2.77. The van der Waals surface area contributed by atoms with Crippen molar-refractivity contribution in [1.82, 2.24) is 9.62 Å². The zero-order valence-corrected chi connectivity index (χ0v) is 18.9. The lowest BCUT2D eigenvalue weighted by Gasteiger charge is -2.78. The van der Waals surface area contributed by atoms with Crippen LogP contribution in [0.25, 0.3) is 0 Å². The molecule has 1 amide bonds. The lowest BCUT2D eigenvalue weighted by atomic mass is 9.25. The maximum absolute atomic E-state index is 13.4. The van der Waals surface area contributed by atoms with Gasteiger partial charge < -0.3 is 5.32 Å². The van der Waals surface area contributed by atoms with Crippen molar-refractivity contribution < 1.29 is 17.6 Å². The summed E-state index contributed by atoms with van der Waals surface area (Å²) in [7, 11) is -3.71. The number of fused-ring (bicyclic) bond motifs is 1. The molecule has 1 saturated heterocycles. The van der Waals surface area contributed by atoms with Gasteiger partial charge in [0.05, 0.1) is 10.3 Å². The highest BCUT2D eigenvalue weighted by atomic mass is 32.2. The third-order valence-electron chi connectivity index (χ3n) is 9.81. The summed E-state index contributed by atoms with van der Waals surface area (Å²) < 4.78 is 41.2. The fraction of sp³-hybridized carbons (Fsp3) is 0.708. The monoisotopic (exact) mass is 446 g/mol. The molecule has 1 aromatic rings. The summed E-state index contributed by atoms with van der Waals surface area (Å²) in [5.74, 6) is 1.24. The van der Waals surface area contributed by atoms with E-state index in [0.717, 1.165) is 43.9 Å². The molecule has 4 saturated carbocycles. The van der Waals surface area contributed by atoms with Crippen molar-refractivity contribution in [3.05, 3.63) is 30.1 Å². The minimum atomic E-state index is -3.71. The van der Waals surface area contributed by atoms with E-state index in [0.29, 0.717) is 18.5 Å². The maximum Gasteiger partial charge on any atom is 0.243 e. The van der Waals surface area contributed by atoms with E-state index < -0.39 is 15.8 Å². The average molecular weight is 447 g/mol. The van der Waals surface area contributed by atoms with Crippen molar-refractivity contribution in [1.29, 1.82) is 0 Å². The van der Waals surface area contributed by atoms with Crippen molar-refractivity contribution in [3.8, 4) is 0 Å². The summed E-state index contributed by atoms with van der Waals surface area (Å²) in [6.45, 7) is 3.20. The fourth-order valence-electron chi connectivity index (χ4n) is 8.93. The van der Waals surface area contributed by atoms with E-state index >= 15 is 0 Å². The van der Waals surface area contributed by atoms with Crippen LogP contribution in [-0.4, -0.2) is 37.8 Å². The first-order valence-electron chi connectivity index (χ1n) is 11.8. The molecular weight excluding hydrogens is 415 g/mol. The van der Waals surface area contributed by atoms with Crippen molar-refractivity contribution in [2.24, 2.45) is 28.1 Å². The van der Waals surface area contributed by atoms with Gasteiger partial charge in [-0.05, 0) is 91.9 Å². The maximum atomic E-state index is 13.4. The number of sulfonamides is 1. The molecule has 1 spiro atoms. The molecule has 5 fully saturated rings. The number of hydrogen-bond donors (Lipinski definition) is 1. The zero-order valence-electron chi connectivity index (χ0n) is 18.1. The highest BCUT2D eigenvalue weighted by Crippen LogP contribution is 2.91. The molecule has 6 rings (SSSR count). The number of hydrogen-bond acceptors (Lipinski definition) is 3. The minimum Gasteiger partial charge on any atom is -0.354 e. The van der Waals surface area contributed by atoms with Crippen LogP contribution in [0.1, 0.15) is 58.3 Å². The van der Waals surface area contributed by atoms with Crippen LogP contribution in [0, 0.1) is 33.9 Å². The number of halogens is 1. The normalized spacial score (nSPS) is 43.1. The predicted octanol–water partition coefficient (Wildman–Crippen LogP) is 3.70. The number of rotatable bonds is 5. The van der Waals surface area contributed by atoms with Gasteiger partial charge in [0.15, 0.2) is 0 Å². The topological polar surface area (TPSA) is 66.5 Å². The average Bonchev–Trinajstić information content (AvgIpc) is 3.21. The summed E-state index contributed by atoms with van der Waals surface area (Å²) in [4.78, 5) is 13.6. The van der Waals surface area contributed by atoms with Crippen LogP contribution >= 0.6 is 0 Å². The number of piperidine rings is 1. The van der Waals surface area contributed by atoms with Crippen molar-refractivity contribution in [2.75, 3.05) is 13.1 Å². The minimum absolute atomic E-state index is 0.115. The number of nitrogens with one attached hydrogen (secondary N) is 1. The van der Waals surface area contributed by atoms with E-state index in [4.69, 9.17) is 0 Å². The molecule has 4 aliphatic carbocycles. The van der Waals surface area contributed by atoms with Gasteiger partial charge in [-0.25, -0.2) is 12.8 Å². The summed E-state index contributed by atoms with van der Waals surface area (Å²) in [5.41, 5.74) is 0.368. The standard InChI is InChI=1S/C24H31FN2O3S/c1-22-11-16-10-17-13-23(15-22,24(17,22)12-16)21(28)26-14-19-4-2-3-9-27(19)31(29,30)20-7-5-18(25)6-8-20/h5-8,16-17,19H,2-4,9-15H2,1H3,(H,26,28)/t16-,17-,19?,22?,23+,24?/m1/s1. The Morgan fingerprint density at radius 3 is 2.68 bits per heavy atom. The Kier molecular flexibility index (Phi) is 4.10. The molecule has 6 atom stereocenters. The molecule has 5 nitrogen and oxygen atoms in total. The van der Waals surface area contributed by atoms with E-state index in [9.17, 15) is 17.6 Å². The summed E-state index contributed by atoms with van der Waals surface area (Å²) >= 11 is 0. The molecule has 0 radical (unpaired) electrons. The molecule has 0 aromatic heterocycles. The first kappa shape index (κ1) is 20.2. The predicted molar refractivity (Wildman–Crippen MR) is 114 cm³/mol. The number of benzene rings is 1. The molecule has 31 heavy (non-hydrogen) atoms. The highest BCUT2D eigenvalue weighted by molar-refractivity contribution is 7.89. The highest BCUT2D eigenvalue weighted by Gasteiger charge is 2.87. The molecule has 5 aliphatic rings. The van der Waals surface area contributed by atoms with Gasteiger partial charge in [-0.1, -0.05) is 13.3 Å². The number of nitrogens with zero attached hydrogens (tertiary/aromatic N) is 1. The lowest BCUT2D eigenvalue weighted by molar-refractivity contribution is -0.293. The molecular formula is C24H31FN2O3S. The van der Waals surface area contributed by atoms with E-state index in [1.165, 1.54) is 47.8 Å². The molecule has 7 heteroatoms. The van der Waals surface area contributed by atoms with Gasteiger partial charge >= 0.3 is 0 Å². The largest absolute Gasteiger partial charge is 0.354 e. The second-order valence-electron chi connectivity index (χ2n) is 11.1. The number of carbonyl (C=O) groups excluding carboxylic acids is 1. The van der Waals surface area contributed by atoms with Gasteiger partial charge in [-0.15, -0.1) is 0 Å². The van der Waals surface area contributed by atoms with Crippen LogP contribution in [0.4, 0.5) is 4.39 Å². The van der Waals surface area contributed by atoms with Gasteiger partial charge in [0, 0.05) is 19.1 Å². The van der Waals surface area contributed by atoms with E-state index in [2.05, 4.69) is 12.2 Å². The van der Waals surface area contributed by atoms with Gasteiger partial charge in [-0.2, -0.15) is 4.31 Å². The molecule has 1 N–H and O–H groups in total. The van der Waals surface area contributed by atoms with E-state index in [-0.39, 0.29) is 27.7 Å². The second-order valence-corrected chi connectivity index (χ2v) is 13.0. The SMILES string of the molecule is CC12C[C@H]3C[C@@H]4C[C@@](C(=O)NCC5CCCCN5S(=O)(=O)c5ccc(F)cc5)(C1)C42C3. The zero-order chi connectivity index (χ0) is 21.6. The van der Waals surface area contributed by atoms with Crippen LogP contribution in [0.3, 0.4) is 0 Å². The smallest absolute Gasteiger partial charge is 0.243 e. The molecule has 3 unspecified atom stereocenters. The van der Waals surface area contributed by atoms with Crippen LogP contribution in [0.15, 0.2) is 29.2 Å². The molecule has 2 bridgehead atoms. The first-order chi connectivity index (χ1) is 14.7. The Hall–Kier alpha value is -1.47. The molecule has 168 valence electrons. The molecule has 1 heterocycles. The van der Waals surface area contributed by atoms with Crippen LogP contribution in [-0.2, 0) is 14.8 Å². The number of amides is 1. The Labute approximate surface area is 183 Å². The van der Waals surface area contributed by atoms with Gasteiger partial charge in [0.1, 0.15) is 5.82 Å². The van der Waals surface area contributed by atoms with E-state index in [1.807, 2.05) is 0 Å². The fourth-order valence-corrected chi connectivity index (χ4v) is 10.6. The third-order valence-corrected chi connectivity index (χ3v) is 11.8. The summed E-state index contributed by atoms with van der Waals surface area (Å²) in [6, 6.07) is 4.77. The molecule has 1 aliphatic heterocycles. The Balaban J connectivity index is 1.18. The Morgan fingerprint density at radius 2 is 1.97 bits per heavy atom.